The van der Waals surface area contributed by atoms with Crippen LogP contribution < -0.4 is 10.1 Å². The number of anilines is 1. The van der Waals surface area contributed by atoms with Gasteiger partial charge < -0.3 is 14.8 Å². The number of ether oxygens (including phenoxy) is 2. The van der Waals surface area contributed by atoms with Gasteiger partial charge in [0.1, 0.15) is 6.61 Å². The Bertz CT molecular complexity index is 1070. The fourth-order valence-electron chi connectivity index (χ4n) is 3.00. The monoisotopic (exact) mass is 496 g/mol. The summed E-state index contributed by atoms with van der Waals surface area (Å²) in [4.78, 5) is 16.3. The van der Waals surface area contributed by atoms with Gasteiger partial charge in [-0.3, -0.25) is 4.79 Å². The molecule has 0 aliphatic heterocycles. The summed E-state index contributed by atoms with van der Waals surface area (Å²) in [5, 5.41) is 7.14. The molecular weight excluding hydrogens is 473 g/mol. The molecule has 0 atom stereocenters. The molecule has 0 saturated carbocycles. The summed E-state index contributed by atoms with van der Waals surface area (Å²) in [6.45, 7) is 2.97. The van der Waals surface area contributed by atoms with Crippen molar-refractivity contribution in [3.8, 4) is 23.1 Å². The Morgan fingerprint density at radius 3 is 2.41 bits per heavy atom. The van der Waals surface area contributed by atoms with Crippen molar-refractivity contribution in [2.75, 3.05) is 31.0 Å². The van der Waals surface area contributed by atoms with E-state index in [1.54, 1.807) is 24.3 Å². The number of nitrogens with one attached hydrogen (secondary N) is 1. The predicted molar refractivity (Wildman–Crippen MR) is 122 cm³/mol. The standard InChI is InChI=1S/C23H24ClF3N4O3/c1-2-33-14-15-34-22-29-21(16-5-7-17(8-6-16)23(25,26)27)31(30-22)19-11-9-18(10-12-19)28-20(32)4-3-13-24/h5-12H,2-4,13-15H2,1H3,(H,28,32). The molecule has 0 bridgehead atoms. The molecule has 1 heterocycles. The molecule has 11 heteroatoms. The van der Waals surface area contributed by atoms with Gasteiger partial charge in [-0.25, -0.2) is 4.68 Å². The highest BCUT2D eigenvalue weighted by Crippen LogP contribution is 2.31. The first-order chi connectivity index (χ1) is 16.3. The number of aromatic nitrogens is 3. The van der Waals surface area contributed by atoms with Crippen LogP contribution >= 0.6 is 11.6 Å². The molecule has 1 aromatic heterocycles. The molecule has 1 N–H and O–H groups in total. The number of halogens is 4. The van der Waals surface area contributed by atoms with Crippen LogP contribution in [-0.4, -0.2) is 46.4 Å². The van der Waals surface area contributed by atoms with E-state index in [1.165, 1.54) is 16.8 Å². The third-order valence-electron chi connectivity index (χ3n) is 4.65. The van der Waals surface area contributed by atoms with Gasteiger partial charge in [0.15, 0.2) is 5.82 Å². The Hall–Kier alpha value is -3.11. The second-order valence-corrected chi connectivity index (χ2v) is 7.52. The van der Waals surface area contributed by atoms with Crippen molar-refractivity contribution in [1.29, 1.82) is 0 Å². The minimum Gasteiger partial charge on any atom is -0.460 e. The predicted octanol–water partition coefficient (Wildman–Crippen LogP) is 5.33. The average Bonchev–Trinajstić information content (AvgIpc) is 3.25. The van der Waals surface area contributed by atoms with E-state index in [4.69, 9.17) is 21.1 Å². The van der Waals surface area contributed by atoms with Gasteiger partial charge in [0, 0.05) is 30.2 Å². The number of benzene rings is 2. The summed E-state index contributed by atoms with van der Waals surface area (Å²) in [7, 11) is 0. The van der Waals surface area contributed by atoms with Crippen molar-refractivity contribution in [3.05, 3.63) is 54.1 Å². The summed E-state index contributed by atoms with van der Waals surface area (Å²) in [6.07, 6.45) is -3.55. The molecule has 0 radical (unpaired) electrons. The quantitative estimate of drug-likeness (QED) is 0.287. The van der Waals surface area contributed by atoms with Crippen molar-refractivity contribution in [3.63, 3.8) is 0 Å². The summed E-state index contributed by atoms with van der Waals surface area (Å²) in [5.41, 5.74) is 0.844. The Morgan fingerprint density at radius 2 is 1.79 bits per heavy atom. The van der Waals surface area contributed by atoms with Gasteiger partial charge in [0.2, 0.25) is 5.91 Å². The van der Waals surface area contributed by atoms with Crippen molar-refractivity contribution in [1.82, 2.24) is 14.8 Å². The zero-order valence-electron chi connectivity index (χ0n) is 18.4. The van der Waals surface area contributed by atoms with Gasteiger partial charge in [-0.2, -0.15) is 18.2 Å². The fourth-order valence-corrected chi connectivity index (χ4v) is 3.14. The highest BCUT2D eigenvalue weighted by Gasteiger charge is 2.30. The molecule has 0 fully saturated rings. The SMILES string of the molecule is CCOCCOc1nc(-c2ccc(C(F)(F)F)cc2)n(-c2ccc(NC(=O)CCCCl)cc2)n1. The van der Waals surface area contributed by atoms with Crippen LogP contribution in [0.1, 0.15) is 25.3 Å². The summed E-state index contributed by atoms with van der Waals surface area (Å²) in [6, 6.07) is 11.5. The van der Waals surface area contributed by atoms with Gasteiger partial charge in [-0.1, -0.05) is 12.1 Å². The normalized spacial score (nSPS) is 11.4. The van der Waals surface area contributed by atoms with Gasteiger partial charge >= 0.3 is 12.2 Å². The molecule has 2 aromatic carbocycles. The maximum atomic E-state index is 13.0. The Balaban J connectivity index is 1.87. The molecular formula is C23H24ClF3N4O3. The van der Waals surface area contributed by atoms with Crippen LogP contribution in [0.25, 0.3) is 17.1 Å². The van der Waals surface area contributed by atoms with Gasteiger partial charge in [-0.05, 0) is 49.7 Å². The van der Waals surface area contributed by atoms with Crippen molar-refractivity contribution in [2.24, 2.45) is 0 Å². The maximum absolute atomic E-state index is 13.0. The van der Waals surface area contributed by atoms with Crippen LogP contribution in [-0.2, 0) is 15.7 Å². The number of hydrogen-bond donors (Lipinski definition) is 1. The van der Waals surface area contributed by atoms with Crippen LogP contribution in [0, 0.1) is 0 Å². The molecule has 1 amide bonds. The van der Waals surface area contributed by atoms with Crippen LogP contribution in [0.4, 0.5) is 18.9 Å². The highest BCUT2D eigenvalue weighted by atomic mass is 35.5. The fraction of sp³-hybridized carbons (Fsp3) is 0.348. The van der Waals surface area contributed by atoms with Crippen LogP contribution in [0.2, 0.25) is 0 Å². The first kappa shape index (κ1) is 25.5. The van der Waals surface area contributed by atoms with E-state index in [-0.39, 0.29) is 18.5 Å². The van der Waals surface area contributed by atoms with Crippen molar-refractivity contribution in [2.45, 2.75) is 25.9 Å². The van der Waals surface area contributed by atoms with Crippen LogP contribution in [0.15, 0.2) is 48.5 Å². The lowest BCUT2D eigenvalue weighted by Crippen LogP contribution is -2.11. The van der Waals surface area contributed by atoms with Gasteiger partial charge in [-0.15, -0.1) is 16.7 Å². The average molecular weight is 497 g/mol. The Labute approximate surface area is 199 Å². The number of amides is 1. The molecule has 0 unspecified atom stereocenters. The third-order valence-corrected chi connectivity index (χ3v) is 4.92. The highest BCUT2D eigenvalue weighted by molar-refractivity contribution is 6.18. The lowest BCUT2D eigenvalue weighted by atomic mass is 10.1. The lowest BCUT2D eigenvalue weighted by Gasteiger charge is -2.09. The van der Waals surface area contributed by atoms with E-state index in [0.29, 0.717) is 54.7 Å². The Kier molecular flexibility index (Phi) is 8.89. The third kappa shape index (κ3) is 6.94. The number of carbonyl (C=O) groups excluding carboxylic acids is 1. The number of alkyl halides is 4. The smallest absolute Gasteiger partial charge is 0.416 e. The molecule has 0 aliphatic rings. The van der Waals surface area contributed by atoms with E-state index in [1.807, 2.05) is 6.92 Å². The maximum Gasteiger partial charge on any atom is 0.416 e. The van der Waals surface area contributed by atoms with Crippen molar-refractivity contribution < 1.29 is 27.4 Å². The summed E-state index contributed by atoms with van der Waals surface area (Å²) >= 11 is 5.61. The van der Waals surface area contributed by atoms with Crippen LogP contribution in [0.3, 0.4) is 0 Å². The van der Waals surface area contributed by atoms with E-state index in [0.717, 1.165) is 12.1 Å². The van der Waals surface area contributed by atoms with E-state index in [2.05, 4.69) is 15.4 Å². The van der Waals surface area contributed by atoms with Gasteiger partial charge in [0.05, 0.1) is 17.9 Å². The number of rotatable bonds is 11. The van der Waals surface area contributed by atoms with E-state index >= 15 is 0 Å². The zero-order chi connectivity index (χ0) is 24.6. The molecule has 0 spiro atoms. The molecule has 0 saturated heterocycles. The second kappa shape index (κ2) is 11.8. The summed E-state index contributed by atoms with van der Waals surface area (Å²) in [5.74, 6) is 0.559. The number of hydrogen-bond acceptors (Lipinski definition) is 5. The first-order valence-corrected chi connectivity index (χ1v) is 11.2. The van der Waals surface area contributed by atoms with Crippen molar-refractivity contribution >= 4 is 23.2 Å². The van der Waals surface area contributed by atoms with E-state index < -0.39 is 11.7 Å². The number of carbonyl (C=O) groups is 1. The molecule has 0 aliphatic carbocycles. The Morgan fingerprint density at radius 1 is 1.09 bits per heavy atom. The van der Waals surface area contributed by atoms with E-state index in [9.17, 15) is 18.0 Å². The largest absolute Gasteiger partial charge is 0.460 e. The van der Waals surface area contributed by atoms with Crippen LogP contribution in [0.5, 0.6) is 6.01 Å². The zero-order valence-corrected chi connectivity index (χ0v) is 19.2. The minimum atomic E-state index is -4.44. The molecule has 3 aromatic rings. The molecule has 3 rings (SSSR count). The topological polar surface area (TPSA) is 78.3 Å². The lowest BCUT2D eigenvalue weighted by molar-refractivity contribution is -0.137. The second-order valence-electron chi connectivity index (χ2n) is 7.14. The molecule has 7 nitrogen and oxygen atoms in total. The minimum absolute atomic E-state index is 0.0630. The first-order valence-electron chi connectivity index (χ1n) is 10.6. The number of nitrogens with zero attached hydrogens (tertiary/aromatic N) is 3. The van der Waals surface area contributed by atoms with Gasteiger partial charge in [0.25, 0.3) is 0 Å². The summed E-state index contributed by atoms with van der Waals surface area (Å²) < 4.78 is 51.2. The molecule has 34 heavy (non-hydrogen) atoms. The molecule has 182 valence electrons.